The SMILES string of the molecule is Cc1cc(C)c(CSc2nnc(N)s2)c(C)c1. The molecule has 2 N–H and O–H groups in total. The van der Waals surface area contributed by atoms with Gasteiger partial charge in [0.2, 0.25) is 5.13 Å². The van der Waals surface area contributed by atoms with Gasteiger partial charge in [-0.1, -0.05) is 40.8 Å². The molecule has 0 bridgehead atoms. The summed E-state index contributed by atoms with van der Waals surface area (Å²) in [5, 5.41) is 8.36. The zero-order valence-corrected chi connectivity index (χ0v) is 11.8. The average Bonchev–Trinajstić information content (AvgIpc) is 2.62. The third kappa shape index (κ3) is 2.98. The normalized spacial score (nSPS) is 10.8. The predicted octanol–water partition coefficient (Wildman–Crippen LogP) is 3.34. The molecule has 0 saturated heterocycles. The van der Waals surface area contributed by atoms with Crippen LogP contribution in [0.3, 0.4) is 0 Å². The molecule has 0 amide bonds. The molecule has 2 aromatic rings. The van der Waals surface area contributed by atoms with Gasteiger partial charge in [-0.05, 0) is 37.5 Å². The second-order valence-electron chi connectivity index (χ2n) is 4.07. The smallest absolute Gasteiger partial charge is 0.203 e. The lowest BCUT2D eigenvalue weighted by molar-refractivity contribution is 1.02. The number of nitrogen functional groups attached to an aromatic ring is 1. The highest BCUT2D eigenvalue weighted by molar-refractivity contribution is 8.00. The number of rotatable bonds is 3. The van der Waals surface area contributed by atoms with Gasteiger partial charge in [0.25, 0.3) is 0 Å². The summed E-state index contributed by atoms with van der Waals surface area (Å²) in [5.41, 5.74) is 10.9. The summed E-state index contributed by atoms with van der Waals surface area (Å²) in [4.78, 5) is 0. The van der Waals surface area contributed by atoms with Crippen molar-refractivity contribution in [1.29, 1.82) is 0 Å². The fraction of sp³-hybridized carbons (Fsp3) is 0.333. The van der Waals surface area contributed by atoms with Gasteiger partial charge in [-0.25, -0.2) is 0 Å². The number of hydrogen-bond donors (Lipinski definition) is 1. The van der Waals surface area contributed by atoms with Crippen LogP contribution in [-0.4, -0.2) is 10.2 Å². The number of aromatic nitrogens is 2. The van der Waals surface area contributed by atoms with Crippen molar-refractivity contribution in [3.8, 4) is 0 Å². The van der Waals surface area contributed by atoms with Crippen LogP contribution in [0.15, 0.2) is 16.5 Å². The highest BCUT2D eigenvalue weighted by Crippen LogP contribution is 2.29. The van der Waals surface area contributed by atoms with Gasteiger partial charge in [0.1, 0.15) is 0 Å². The molecule has 5 heteroatoms. The number of anilines is 1. The fourth-order valence-electron chi connectivity index (χ4n) is 1.85. The van der Waals surface area contributed by atoms with Gasteiger partial charge in [-0.15, -0.1) is 10.2 Å². The summed E-state index contributed by atoms with van der Waals surface area (Å²) in [6, 6.07) is 4.44. The Morgan fingerprint density at radius 1 is 1.18 bits per heavy atom. The first kappa shape index (κ1) is 12.4. The third-order valence-corrected chi connectivity index (χ3v) is 4.51. The van der Waals surface area contributed by atoms with Crippen LogP contribution in [0.25, 0.3) is 0 Å². The van der Waals surface area contributed by atoms with E-state index in [1.54, 1.807) is 11.8 Å². The van der Waals surface area contributed by atoms with E-state index in [0.717, 1.165) is 10.1 Å². The minimum Gasteiger partial charge on any atom is -0.374 e. The molecule has 1 aromatic carbocycles. The van der Waals surface area contributed by atoms with E-state index >= 15 is 0 Å². The Labute approximate surface area is 109 Å². The van der Waals surface area contributed by atoms with E-state index in [0.29, 0.717) is 5.13 Å². The number of nitrogens with two attached hydrogens (primary N) is 1. The molecule has 90 valence electrons. The minimum absolute atomic E-state index is 0.532. The molecule has 0 unspecified atom stereocenters. The standard InChI is InChI=1S/C12H15N3S2/c1-7-4-8(2)10(9(3)5-7)6-16-12-15-14-11(13)17-12/h4-5H,6H2,1-3H3,(H2,13,14). The van der Waals surface area contributed by atoms with E-state index < -0.39 is 0 Å². The van der Waals surface area contributed by atoms with E-state index in [1.807, 2.05) is 0 Å². The Kier molecular flexibility index (Phi) is 3.69. The van der Waals surface area contributed by atoms with Crippen LogP contribution >= 0.6 is 23.1 Å². The van der Waals surface area contributed by atoms with Gasteiger partial charge < -0.3 is 5.73 Å². The molecule has 3 nitrogen and oxygen atoms in total. The molecule has 0 spiro atoms. The number of nitrogens with zero attached hydrogens (tertiary/aromatic N) is 2. The average molecular weight is 265 g/mol. The third-order valence-electron chi connectivity index (χ3n) is 2.60. The van der Waals surface area contributed by atoms with Crippen LogP contribution in [0.4, 0.5) is 5.13 Å². The van der Waals surface area contributed by atoms with Gasteiger partial charge in [-0.3, -0.25) is 0 Å². The topological polar surface area (TPSA) is 51.8 Å². The maximum absolute atomic E-state index is 5.56. The van der Waals surface area contributed by atoms with Crippen molar-refractivity contribution in [1.82, 2.24) is 10.2 Å². The largest absolute Gasteiger partial charge is 0.374 e. The molecule has 0 aliphatic rings. The molecule has 0 saturated carbocycles. The molecule has 0 atom stereocenters. The van der Waals surface area contributed by atoms with E-state index in [4.69, 9.17) is 5.73 Å². The van der Waals surface area contributed by atoms with Crippen LogP contribution in [0.5, 0.6) is 0 Å². The van der Waals surface area contributed by atoms with E-state index in [-0.39, 0.29) is 0 Å². The molecule has 2 rings (SSSR count). The van der Waals surface area contributed by atoms with Gasteiger partial charge in [0, 0.05) is 5.75 Å². The Morgan fingerprint density at radius 2 is 1.82 bits per heavy atom. The number of hydrogen-bond acceptors (Lipinski definition) is 5. The van der Waals surface area contributed by atoms with E-state index in [2.05, 4.69) is 43.1 Å². The van der Waals surface area contributed by atoms with Crippen LogP contribution in [-0.2, 0) is 5.75 Å². The zero-order valence-electron chi connectivity index (χ0n) is 10.2. The first-order chi connectivity index (χ1) is 8.06. The molecular formula is C12H15N3S2. The highest BCUT2D eigenvalue weighted by atomic mass is 32.2. The Balaban J connectivity index is 2.14. The summed E-state index contributed by atoms with van der Waals surface area (Å²) < 4.78 is 0.932. The summed E-state index contributed by atoms with van der Waals surface area (Å²) in [5.74, 6) is 0.923. The first-order valence-electron chi connectivity index (χ1n) is 5.35. The summed E-state index contributed by atoms with van der Waals surface area (Å²) in [6.45, 7) is 6.44. The minimum atomic E-state index is 0.532. The van der Waals surface area contributed by atoms with E-state index in [1.165, 1.54) is 33.6 Å². The van der Waals surface area contributed by atoms with Gasteiger partial charge in [0.15, 0.2) is 4.34 Å². The molecule has 0 aliphatic heterocycles. The molecule has 1 heterocycles. The van der Waals surface area contributed by atoms with Crippen LogP contribution < -0.4 is 5.73 Å². The van der Waals surface area contributed by atoms with Crippen molar-refractivity contribution >= 4 is 28.2 Å². The summed E-state index contributed by atoms with van der Waals surface area (Å²) in [7, 11) is 0. The molecular weight excluding hydrogens is 250 g/mol. The van der Waals surface area contributed by atoms with Crippen LogP contribution in [0.1, 0.15) is 22.3 Å². The van der Waals surface area contributed by atoms with Crippen molar-refractivity contribution in [2.75, 3.05) is 5.73 Å². The lowest BCUT2D eigenvalue weighted by atomic mass is 10.0. The maximum Gasteiger partial charge on any atom is 0.203 e. The van der Waals surface area contributed by atoms with Gasteiger partial charge in [-0.2, -0.15) is 0 Å². The first-order valence-corrected chi connectivity index (χ1v) is 7.15. The quantitative estimate of drug-likeness (QED) is 0.865. The molecule has 1 aromatic heterocycles. The Hall–Kier alpha value is -1.07. The second kappa shape index (κ2) is 5.06. The lowest BCUT2D eigenvalue weighted by Crippen LogP contribution is -1.92. The molecule has 0 radical (unpaired) electrons. The van der Waals surface area contributed by atoms with Crippen molar-refractivity contribution in [2.45, 2.75) is 30.9 Å². The molecule has 0 aliphatic carbocycles. The predicted molar refractivity (Wildman–Crippen MR) is 74.5 cm³/mol. The molecule has 17 heavy (non-hydrogen) atoms. The number of aryl methyl sites for hydroxylation is 3. The van der Waals surface area contributed by atoms with Crippen molar-refractivity contribution < 1.29 is 0 Å². The van der Waals surface area contributed by atoms with Crippen molar-refractivity contribution in [3.63, 3.8) is 0 Å². The fourth-order valence-corrected chi connectivity index (χ4v) is 3.68. The second-order valence-corrected chi connectivity index (χ2v) is 6.30. The van der Waals surface area contributed by atoms with Crippen LogP contribution in [0, 0.1) is 20.8 Å². The van der Waals surface area contributed by atoms with Crippen molar-refractivity contribution in [3.05, 3.63) is 34.4 Å². The van der Waals surface area contributed by atoms with Gasteiger partial charge >= 0.3 is 0 Å². The summed E-state index contributed by atoms with van der Waals surface area (Å²) >= 11 is 3.13. The number of thioether (sulfide) groups is 1. The number of benzene rings is 1. The van der Waals surface area contributed by atoms with Crippen LogP contribution in [0.2, 0.25) is 0 Å². The monoisotopic (exact) mass is 265 g/mol. The molecule has 0 fully saturated rings. The van der Waals surface area contributed by atoms with Crippen molar-refractivity contribution in [2.24, 2.45) is 0 Å². The van der Waals surface area contributed by atoms with E-state index in [9.17, 15) is 0 Å². The zero-order chi connectivity index (χ0) is 12.4. The Bertz CT molecular complexity index is 511. The summed E-state index contributed by atoms with van der Waals surface area (Å²) in [6.07, 6.45) is 0. The Morgan fingerprint density at radius 3 is 2.35 bits per heavy atom. The highest BCUT2D eigenvalue weighted by Gasteiger charge is 2.07. The lowest BCUT2D eigenvalue weighted by Gasteiger charge is -2.09. The maximum atomic E-state index is 5.56. The van der Waals surface area contributed by atoms with Gasteiger partial charge in [0.05, 0.1) is 0 Å².